The number of hydrogen-bond donors (Lipinski definition) is 1. The lowest BCUT2D eigenvalue weighted by Gasteiger charge is -2.04. The first-order chi connectivity index (χ1) is 12.7. The molecule has 0 saturated heterocycles. The highest BCUT2D eigenvalue weighted by Crippen LogP contribution is 2.33. The van der Waals surface area contributed by atoms with Gasteiger partial charge in [0.2, 0.25) is 0 Å². The van der Waals surface area contributed by atoms with Crippen LogP contribution in [-0.4, -0.2) is 21.9 Å². The summed E-state index contributed by atoms with van der Waals surface area (Å²) in [5, 5.41) is 8.27. The van der Waals surface area contributed by atoms with E-state index in [1.165, 1.54) is 24.6 Å². The van der Waals surface area contributed by atoms with Crippen molar-refractivity contribution in [2.75, 3.05) is 0 Å². The molecule has 1 amide bonds. The second kappa shape index (κ2) is 7.53. The van der Waals surface area contributed by atoms with Gasteiger partial charge in [0.25, 0.3) is 5.91 Å². The SMILES string of the molecule is Cn1nc(-c2ccc(C=NNC(=O)c3ccc(Cl)cc3)s2)cc1C(F)(F)F. The van der Waals surface area contributed by atoms with E-state index in [0.717, 1.165) is 10.7 Å². The highest BCUT2D eigenvalue weighted by atomic mass is 35.5. The lowest BCUT2D eigenvalue weighted by molar-refractivity contribution is -0.143. The van der Waals surface area contributed by atoms with Crippen molar-refractivity contribution in [1.29, 1.82) is 0 Å². The van der Waals surface area contributed by atoms with Crippen LogP contribution in [-0.2, 0) is 13.2 Å². The van der Waals surface area contributed by atoms with Gasteiger partial charge in [0.05, 0.1) is 11.1 Å². The minimum atomic E-state index is -4.46. The zero-order chi connectivity index (χ0) is 19.6. The Morgan fingerprint density at radius 2 is 1.96 bits per heavy atom. The molecule has 0 radical (unpaired) electrons. The van der Waals surface area contributed by atoms with Gasteiger partial charge in [-0.2, -0.15) is 23.4 Å². The molecule has 2 heterocycles. The zero-order valence-electron chi connectivity index (χ0n) is 13.8. The number of alkyl halides is 3. The molecule has 1 N–H and O–H groups in total. The summed E-state index contributed by atoms with van der Waals surface area (Å²) < 4.78 is 39.4. The monoisotopic (exact) mass is 412 g/mol. The third kappa shape index (κ3) is 4.55. The van der Waals surface area contributed by atoms with E-state index in [0.29, 0.717) is 20.3 Å². The van der Waals surface area contributed by atoms with Gasteiger partial charge in [-0.15, -0.1) is 11.3 Å². The van der Waals surface area contributed by atoms with Crippen molar-refractivity contribution in [2.24, 2.45) is 12.1 Å². The summed E-state index contributed by atoms with van der Waals surface area (Å²) in [4.78, 5) is 13.1. The Balaban J connectivity index is 1.68. The molecule has 0 aliphatic rings. The number of benzene rings is 1. The molecule has 0 fully saturated rings. The van der Waals surface area contributed by atoms with Crippen molar-refractivity contribution in [3.8, 4) is 10.6 Å². The molecule has 0 spiro atoms. The van der Waals surface area contributed by atoms with Gasteiger partial charge >= 0.3 is 6.18 Å². The maximum atomic E-state index is 12.9. The van der Waals surface area contributed by atoms with Gasteiger partial charge in [0, 0.05) is 22.5 Å². The number of halogens is 4. The largest absolute Gasteiger partial charge is 0.433 e. The van der Waals surface area contributed by atoms with Crippen LogP contribution in [0.5, 0.6) is 0 Å². The van der Waals surface area contributed by atoms with Crippen LogP contribution in [0.2, 0.25) is 5.02 Å². The number of nitrogens with one attached hydrogen (secondary N) is 1. The molecule has 1 aromatic carbocycles. The molecule has 0 bridgehead atoms. The maximum Gasteiger partial charge on any atom is 0.433 e. The number of carbonyl (C=O) groups excluding carboxylic acids is 1. The first-order valence-electron chi connectivity index (χ1n) is 7.54. The standard InChI is InChI=1S/C17H12ClF3N4OS/c1-25-15(17(19,20)21)8-13(24-25)14-7-6-12(27-14)9-22-23-16(26)10-2-4-11(18)5-3-10/h2-9H,1H3,(H,23,26). The average Bonchev–Trinajstić information content (AvgIpc) is 3.21. The summed E-state index contributed by atoms with van der Waals surface area (Å²) in [6.07, 6.45) is -3.05. The van der Waals surface area contributed by atoms with Gasteiger partial charge in [0.1, 0.15) is 11.4 Å². The lowest BCUT2D eigenvalue weighted by Crippen LogP contribution is -2.17. The van der Waals surface area contributed by atoms with Crippen LogP contribution in [0, 0.1) is 0 Å². The number of amides is 1. The van der Waals surface area contributed by atoms with Crippen LogP contribution in [0.1, 0.15) is 20.9 Å². The molecule has 27 heavy (non-hydrogen) atoms. The van der Waals surface area contributed by atoms with Gasteiger partial charge in [-0.1, -0.05) is 11.6 Å². The van der Waals surface area contributed by atoms with E-state index in [2.05, 4.69) is 15.6 Å². The quantitative estimate of drug-likeness (QED) is 0.503. The molecule has 10 heteroatoms. The number of aryl methyl sites for hydroxylation is 1. The fourth-order valence-electron chi connectivity index (χ4n) is 2.23. The van der Waals surface area contributed by atoms with Crippen LogP contribution >= 0.6 is 22.9 Å². The van der Waals surface area contributed by atoms with E-state index in [1.807, 2.05) is 0 Å². The summed E-state index contributed by atoms with van der Waals surface area (Å²) in [5.41, 5.74) is 2.17. The normalized spacial score (nSPS) is 11.9. The van der Waals surface area contributed by atoms with Crippen LogP contribution in [0.3, 0.4) is 0 Å². The van der Waals surface area contributed by atoms with Gasteiger partial charge in [0.15, 0.2) is 0 Å². The van der Waals surface area contributed by atoms with Crippen LogP contribution in [0.4, 0.5) is 13.2 Å². The summed E-state index contributed by atoms with van der Waals surface area (Å²) in [6.45, 7) is 0. The molecule has 0 saturated carbocycles. The Morgan fingerprint density at radius 3 is 2.59 bits per heavy atom. The topological polar surface area (TPSA) is 59.3 Å². The van der Waals surface area contributed by atoms with Crippen LogP contribution in [0.15, 0.2) is 47.6 Å². The van der Waals surface area contributed by atoms with E-state index in [9.17, 15) is 18.0 Å². The summed E-state index contributed by atoms with van der Waals surface area (Å²) >= 11 is 6.97. The van der Waals surface area contributed by atoms with E-state index in [-0.39, 0.29) is 5.69 Å². The number of aromatic nitrogens is 2. The fourth-order valence-corrected chi connectivity index (χ4v) is 3.19. The molecule has 0 aliphatic heterocycles. The van der Waals surface area contributed by atoms with E-state index in [4.69, 9.17) is 11.6 Å². The Kier molecular flexibility index (Phi) is 5.33. The number of carbonyl (C=O) groups is 1. The summed E-state index contributed by atoms with van der Waals surface area (Å²) in [7, 11) is 1.24. The highest BCUT2D eigenvalue weighted by molar-refractivity contribution is 7.17. The molecule has 0 unspecified atom stereocenters. The van der Waals surface area contributed by atoms with Crippen molar-refractivity contribution in [1.82, 2.24) is 15.2 Å². The third-order valence-electron chi connectivity index (χ3n) is 3.51. The molecule has 2 aromatic heterocycles. The smallest absolute Gasteiger partial charge is 0.267 e. The molecule has 3 rings (SSSR count). The fraction of sp³-hybridized carbons (Fsp3) is 0.118. The maximum absolute atomic E-state index is 12.9. The molecule has 3 aromatic rings. The van der Waals surface area contributed by atoms with E-state index < -0.39 is 17.8 Å². The van der Waals surface area contributed by atoms with Crippen molar-refractivity contribution in [3.63, 3.8) is 0 Å². The van der Waals surface area contributed by atoms with Gasteiger partial charge < -0.3 is 0 Å². The molecule has 0 aliphatic carbocycles. The zero-order valence-corrected chi connectivity index (χ0v) is 15.4. The molecular weight excluding hydrogens is 401 g/mol. The summed E-state index contributed by atoms with van der Waals surface area (Å²) in [5.74, 6) is -0.403. The molecule has 5 nitrogen and oxygen atoms in total. The van der Waals surface area contributed by atoms with E-state index in [1.54, 1.807) is 36.4 Å². The van der Waals surface area contributed by atoms with Gasteiger partial charge in [-0.25, -0.2) is 5.43 Å². The summed E-state index contributed by atoms with van der Waals surface area (Å²) in [6, 6.07) is 10.6. The van der Waals surface area contributed by atoms with Crippen LogP contribution < -0.4 is 5.43 Å². The number of hydrogen-bond acceptors (Lipinski definition) is 4. The third-order valence-corrected chi connectivity index (χ3v) is 4.81. The van der Waals surface area contributed by atoms with Crippen molar-refractivity contribution < 1.29 is 18.0 Å². The van der Waals surface area contributed by atoms with Crippen molar-refractivity contribution in [2.45, 2.75) is 6.18 Å². The number of hydrazone groups is 1. The second-order valence-corrected chi connectivity index (χ2v) is 7.00. The Labute approximate surface area is 161 Å². The number of rotatable bonds is 4. The van der Waals surface area contributed by atoms with Crippen molar-refractivity contribution in [3.05, 3.63) is 63.6 Å². The first kappa shape index (κ1) is 19.1. The predicted octanol–water partition coefficient (Wildman–Crippen LogP) is 4.58. The number of nitrogens with zero attached hydrogens (tertiary/aromatic N) is 3. The predicted molar refractivity (Wildman–Crippen MR) is 98.0 cm³/mol. The van der Waals surface area contributed by atoms with Gasteiger partial charge in [-0.05, 0) is 42.5 Å². The molecule has 0 atom stereocenters. The second-order valence-electron chi connectivity index (χ2n) is 5.44. The average molecular weight is 413 g/mol. The van der Waals surface area contributed by atoms with E-state index >= 15 is 0 Å². The molecule has 140 valence electrons. The van der Waals surface area contributed by atoms with Gasteiger partial charge in [-0.3, -0.25) is 9.48 Å². The highest BCUT2D eigenvalue weighted by Gasteiger charge is 2.35. The molecular formula is C17H12ClF3N4OS. The minimum Gasteiger partial charge on any atom is -0.267 e. The lowest BCUT2D eigenvalue weighted by atomic mass is 10.2. The van der Waals surface area contributed by atoms with Crippen LogP contribution in [0.25, 0.3) is 10.6 Å². The van der Waals surface area contributed by atoms with Crippen molar-refractivity contribution >= 4 is 35.1 Å². The number of thiophene rings is 1. The first-order valence-corrected chi connectivity index (χ1v) is 8.74. The Hall–Kier alpha value is -2.65. The minimum absolute atomic E-state index is 0.222. The Morgan fingerprint density at radius 1 is 1.26 bits per heavy atom. The Bertz CT molecular complexity index is 993.